The van der Waals surface area contributed by atoms with Crippen molar-refractivity contribution in [3.05, 3.63) is 59.4 Å². The Morgan fingerprint density at radius 1 is 0.833 bits per heavy atom. The second kappa shape index (κ2) is 14.9. The number of aryl methyl sites for hydroxylation is 1. The number of hydrogen-bond acceptors (Lipinski definition) is 3. The zero-order valence-corrected chi connectivity index (χ0v) is 22.5. The fourth-order valence-electron chi connectivity index (χ4n) is 1.91. The van der Waals surface area contributed by atoms with Gasteiger partial charge in [-0.05, 0) is 25.3 Å². The Morgan fingerprint density at radius 2 is 1.22 bits per heavy atom. The van der Waals surface area contributed by atoms with Gasteiger partial charge in [0.15, 0.2) is 0 Å². The van der Waals surface area contributed by atoms with Crippen LogP contribution >= 0.6 is 11.6 Å². The molecule has 2 heterocycles. The summed E-state index contributed by atoms with van der Waals surface area (Å²) >= 11 is 5.84. The topological polar surface area (TPSA) is 52.0 Å². The molecule has 2 aromatic heterocycles. The molecule has 0 spiro atoms. The van der Waals surface area contributed by atoms with Gasteiger partial charge in [0.05, 0.1) is 4.90 Å². The molecule has 3 rings (SSSR count). The molecule has 0 saturated heterocycles. The van der Waals surface area contributed by atoms with Gasteiger partial charge in [0.1, 0.15) is 0 Å². The fourth-order valence-corrected chi connectivity index (χ4v) is 3.34. The Balaban J connectivity index is 0. The minimum absolute atomic E-state index is 0. The summed E-state index contributed by atoms with van der Waals surface area (Å²) in [6.07, 6.45) is 2.78. The predicted molar refractivity (Wildman–Crippen MR) is 108 cm³/mol. The van der Waals surface area contributed by atoms with Crippen LogP contribution in [0.25, 0.3) is 11.0 Å². The molecule has 22 heteroatoms. The van der Waals surface area contributed by atoms with Crippen molar-refractivity contribution < 1.29 is 112 Å². The molecular weight excluding hydrogens is 595 g/mol. The summed E-state index contributed by atoms with van der Waals surface area (Å²) in [5.41, 5.74) is 1.31. The van der Waals surface area contributed by atoms with Crippen LogP contribution < -0.4 is 51.4 Å². The number of halogens is 13. The van der Waals surface area contributed by atoms with E-state index in [0.717, 1.165) is 9.54 Å². The summed E-state index contributed by atoms with van der Waals surface area (Å²) in [5.74, 6) is 0. The maximum absolute atomic E-state index is 12.6. The van der Waals surface area contributed by atoms with E-state index in [1.165, 1.54) is 12.4 Å². The van der Waals surface area contributed by atoms with Gasteiger partial charge in [-0.15, -0.1) is 11.5 Å². The third-order valence-electron chi connectivity index (χ3n) is 2.96. The van der Waals surface area contributed by atoms with Gasteiger partial charge in [0, 0.05) is 16.9 Å². The predicted octanol–water partition coefficient (Wildman–Crippen LogP) is 3.94. The molecule has 0 unspecified atom stereocenters. The molecular formula is C14H10B3ClF12KN2O2S-3. The largest absolute Gasteiger partial charge is 1.00 e. The molecule has 0 radical (unpaired) electrons. The molecule has 0 N–H and O–H groups in total. The second-order valence-electron chi connectivity index (χ2n) is 5.90. The van der Waals surface area contributed by atoms with E-state index in [-0.39, 0.29) is 56.3 Å². The standard InChI is InChI=1S/C14H10ClN2O2S.3BF4.K/c1-10-2-4-13(5-3-10)20(18,19)17-7-6-11-8-12(15)9-16-14(11)17;3*2-1(3,4)5;/h2-5,7-9H,1H3;;;;/q4*-1;+1. The number of hydrogen-bond donors (Lipinski definition) is 0. The van der Waals surface area contributed by atoms with Crippen LogP contribution in [0.15, 0.2) is 47.6 Å². The monoisotopic (exact) mass is 605 g/mol. The maximum Gasteiger partial charge on any atom is 1.00 e. The van der Waals surface area contributed by atoms with Gasteiger partial charge in [-0.2, -0.15) is 6.07 Å². The summed E-state index contributed by atoms with van der Waals surface area (Å²) in [5, 5.41) is 1.01. The number of benzene rings is 1. The quantitative estimate of drug-likeness (QED) is 0.253. The van der Waals surface area contributed by atoms with Crippen molar-refractivity contribution in [3.8, 4) is 0 Å². The normalized spacial score (nSPS) is 11.6. The summed E-state index contributed by atoms with van der Waals surface area (Å²) in [7, 11) is -21.7. The number of aromatic nitrogens is 2. The molecule has 0 amide bonds. The van der Waals surface area contributed by atoms with Gasteiger partial charge in [-0.1, -0.05) is 29.3 Å². The van der Waals surface area contributed by atoms with Crippen LogP contribution in [0.4, 0.5) is 51.8 Å². The Labute approximate surface area is 244 Å². The molecule has 0 bridgehead atoms. The van der Waals surface area contributed by atoms with Gasteiger partial charge in [0.25, 0.3) is 10.0 Å². The third-order valence-corrected chi connectivity index (χ3v) is 4.83. The summed E-state index contributed by atoms with van der Waals surface area (Å²) in [4.78, 5) is 4.28. The Morgan fingerprint density at radius 3 is 1.61 bits per heavy atom. The molecule has 4 nitrogen and oxygen atoms in total. The molecule has 198 valence electrons. The van der Waals surface area contributed by atoms with Crippen molar-refractivity contribution in [1.29, 1.82) is 0 Å². The van der Waals surface area contributed by atoms with Crippen LogP contribution in [0, 0.1) is 13.0 Å². The smallest absolute Gasteiger partial charge is 0.418 e. The third kappa shape index (κ3) is 18.4. The van der Waals surface area contributed by atoms with Gasteiger partial charge in [-0.3, -0.25) is 3.97 Å². The Hall–Kier alpha value is -0.859. The van der Waals surface area contributed by atoms with Gasteiger partial charge < -0.3 is 56.8 Å². The maximum atomic E-state index is 12.6. The van der Waals surface area contributed by atoms with E-state index in [9.17, 15) is 60.2 Å². The summed E-state index contributed by atoms with van der Waals surface area (Å²) < 4.78 is 143. The number of rotatable bonds is 2. The van der Waals surface area contributed by atoms with E-state index in [0.29, 0.717) is 16.1 Å². The Kier molecular flexibility index (Phi) is 15.5. The molecule has 1 aromatic carbocycles. The van der Waals surface area contributed by atoms with E-state index in [1.54, 1.807) is 30.3 Å². The van der Waals surface area contributed by atoms with E-state index >= 15 is 0 Å². The Bertz CT molecular complexity index is 1140. The van der Waals surface area contributed by atoms with Crippen molar-refractivity contribution in [3.63, 3.8) is 0 Å². The molecule has 0 aliphatic heterocycles. The number of pyridine rings is 1. The first-order valence-electron chi connectivity index (χ1n) is 8.47. The van der Waals surface area contributed by atoms with Crippen LogP contribution in [0.5, 0.6) is 0 Å². The number of nitrogens with zero attached hydrogens (tertiary/aromatic N) is 2. The fraction of sp³-hybridized carbons (Fsp3) is 0.0714. The zero-order chi connectivity index (χ0) is 27.8. The first-order valence-corrected chi connectivity index (χ1v) is 10.3. The SMILES string of the molecule is Cc1ccc(S(=O)(=O)n2c[c-]c3cc(Cl)cnc32)cc1.F[B-](F)(F)F.F[B-](F)(F)F.F[B-](F)(F)F.[K+]. The average molecular weight is 605 g/mol. The average Bonchev–Trinajstić information content (AvgIpc) is 3.01. The first kappa shape index (κ1) is 37.3. The first-order chi connectivity index (χ1) is 15.5. The molecule has 36 heavy (non-hydrogen) atoms. The van der Waals surface area contributed by atoms with Crippen molar-refractivity contribution in [1.82, 2.24) is 8.96 Å². The van der Waals surface area contributed by atoms with Crippen LogP contribution in [-0.4, -0.2) is 39.1 Å². The minimum atomic E-state index is -6.00. The van der Waals surface area contributed by atoms with E-state index in [1.807, 2.05) is 6.92 Å². The second-order valence-corrected chi connectivity index (χ2v) is 8.15. The summed E-state index contributed by atoms with van der Waals surface area (Å²) in [6, 6.07) is 11.1. The van der Waals surface area contributed by atoms with Crippen molar-refractivity contribution in [2.24, 2.45) is 0 Å². The van der Waals surface area contributed by atoms with Gasteiger partial charge in [0.2, 0.25) is 0 Å². The molecule has 3 aromatic rings. The molecule has 0 aliphatic rings. The molecule has 0 aliphatic carbocycles. The molecule has 0 atom stereocenters. The molecule has 0 fully saturated rings. The van der Waals surface area contributed by atoms with Crippen LogP contribution in [0.1, 0.15) is 5.56 Å². The minimum Gasteiger partial charge on any atom is -0.418 e. The zero-order valence-electron chi connectivity index (χ0n) is 17.8. The molecule has 0 saturated carbocycles. The van der Waals surface area contributed by atoms with Gasteiger partial charge in [-0.25, -0.2) is 8.42 Å². The van der Waals surface area contributed by atoms with Crippen LogP contribution in [-0.2, 0) is 10.0 Å². The van der Waals surface area contributed by atoms with Crippen LogP contribution in [0.2, 0.25) is 5.02 Å². The van der Waals surface area contributed by atoms with Crippen molar-refractivity contribution in [2.45, 2.75) is 11.8 Å². The van der Waals surface area contributed by atoms with E-state index in [4.69, 9.17) is 11.6 Å². The van der Waals surface area contributed by atoms with Crippen molar-refractivity contribution in [2.75, 3.05) is 0 Å². The van der Waals surface area contributed by atoms with Crippen LogP contribution in [0.3, 0.4) is 0 Å². The summed E-state index contributed by atoms with van der Waals surface area (Å²) in [6.45, 7) is 1.90. The number of fused-ring (bicyclic) bond motifs is 1. The van der Waals surface area contributed by atoms with Crippen molar-refractivity contribution >= 4 is 54.4 Å². The van der Waals surface area contributed by atoms with Gasteiger partial charge >= 0.3 is 73.1 Å². The van der Waals surface area contributed by atoms with E-state index < -0.39 is 31.8 Å². The van der Waals surface area contributed by atoms with E-state index in [2.05, 4.69) is 11.1 Å².